The fraction of sp³-hybridized carbons (Fsp3) is 0. The van der Waals surface area contributed by atoms with Crippen molar-refractivity contribution in [3.8, 4) is 0 Å². The van der Waals surface area contributed by atoms with Gasteiger partial charge in [-0.05, 0) is 12.3 Å². The molecule has 2 nitrogen and oxygen atoms in total. The van der Waals surface area contributed by atoms with E-state index in [0.717, 1.165) is 5.01 Å². The fourth-order valence-corrected chi connectivity index (χ4v) is 0.939. The first-order valence-electron chi connectivity index (χ1n) is 2.21. The minimum Gasteiger partial charge on any atom is -0.405 e. The van der Waals surface area contributed by atoms with E-state index < -0.39 is 0 Å². The first kappa shape index (κ1) is 5.31. The molecule has 3 heteroatoms. The molecule has 2 N–H and O–H groups in total. The molecule has 0 saturated heterocycles. The van der Waals surface area contributed by atoms with Gasteiger partial charge in [0.15, 0.2) is 0 Å². The second-order valence-corrected chi connectivity index (χ2v) is 2.16. The second-order valence-electron chi connectivity index (χ2n) is 1.23. The van der Waals surface area contributed by atoms with Gasteiger partial charge in [-0.15, -0.1) is 11.3 Å². The Morgan fingerprint density at radius 1 is 1.75 bits per heavy atom. The lowest BCUT2D eigenvalue weighted by molar-refractivity contribution is 1.39. The Morgan fingerprint density at radius 3 is 3.12 bits per heavy atom. The highest BCUT2D eigenvalue weighted by Crippen LogP contribution is 2.03. The molecule has 0 amide bonds. The molecule has 0 spiro atoms. The van der Waals surface area contributed by atoms with Gasteiger partial charge in [0, 0.05) is 11.6 Å². The predicted octanol–water partition coefficient (Wildman–Crippen LogP) is 1.07. The Hall–Kier alpha value is -0.830. The zero-order valence-corrected chi connectivity index (χ0v) is 5.06. The van der Waals surface area contributed by atoms with Crippen molar-refractivity contribution < 1.29 is 0 Å². The summed E-state index contributed by atoms with van der Waals surface area (Å²) in [6, 6.07) is 0. The van der Waals surface area contributed by atoms with Crippen molar-refractivity contribution in [1.82, 2.24) is 4.98 Å². The lowest BCUT2D eigenvalue weighted by atomic mass is 10.6. The van der Waals surface area contributed by atoms with Crippen LogP contribution in [0.5, 0.6) is 0 Å². The SMILES string of the molecule is NC=Cc1nccs1. The van der Waals surface area contributed by atoms with Gasteiger partial charge in [-0.2, -0.15) is 0 Å². The van der Waals surface area contributed by atoms with E-state index in [9.17, 15) is 0 Å². The molecule has 0 aliphatic carbocycles. The summed E-state index contributed by atoms with van der Waals surface area (Å²) in [7, 11) is 0. The van der Waals surface area contributed by atoms with Crippen LogP contribution in [0.1, 0.15) is 5.01 Å². The highest BCUT2D eigenvalue weighted by molar-refractivity contribution is 7.10. The third kappa shape index (κ3) is 1.07. The smallest absolute Gasteiger partial charge is 0.117 e. The zero-order valence-electron chi connectivity index (χ0n) is 4.24. The molecule has 1 heterocycles. The molecule has 0 atom stereocenters. The van der Waals surface area contributed by atoms with Crippen LogP contribution in [-0.4, -0.2) is 4.98 Å². The summed E-state index contributed by atoms with van der Waals surface area (Å²) in [6.45, 7) is 0. The lowest BCUT2D eigenvalue weighted by Crippen LogP contribution is -1.74. The number of nitrogens with zero attached hydrogens (tertiary/aromatic N) is 1. The second kappa shape index (κ2) is 2.47. The number of rotatable bonds is 1. The maximum Gasteiger partial charge on any atom is 0.117 e. The predicted molar refractivity (Wildman–Crippen MR) is 35.3 cm³/mol. The van der Waals surface area contributed by atoms with Crippen molar-refractivity contribution in [2.75, 3.05) is 0 Å². The Bertz CT molecular complexity index is 167. The largest absolute Gasteiger partial charge is 0.405 e. The van der Waals surface area contributed by atoms with E-state index >= 15 is 0 Å². The van der Waals surface area contributed by atoms with E-state index in [2.05, 4.69) is 4.98 Å². The summed E-state index contributed by atoms with van der Waals surface area (Å²) >= 11 is 1.57. The quantitative estimate of drug-likeness (QED) is 0.611. The van der Waals surface area contributed by atoms with Crippen LogP contribution in [0.15, 0.2) is 17.8 Å². The van der Waals surface area contributed by atoms with Crippen LogP contribution in [0.2, 0.25) is 0 Å². The number of thiazole rings is 1. The average Bonchev–Trinajstić information content (AvgIpc) is 2.19. The molecule has 0 aromatic carbocycles. The first-order chi connectivity index (χ1) is 3.93. The number of aromatic nitrogens is 1. The maximum absolute atomic E-state index is 5.11. The fourth-order valence-electron chi connectivity index (χ4n) is 0.399. The molecule has 0 saturated carbocycles. The van der Waals surface area contributed by atoms with Crippen molar-refractivity contribution in [1.29, 1.82) is 0 Å². The van der Waals surface area contributed by atoms with E-state index in [4.69, 9.17) is 5.73 Å². The molecule has 1 aromatic rings. The number of hydrogen-bond acceptors (Lipinski definition) is 3. The summed E-state index contributed by atoms with van der Waals surface area (Å²) in [5, 5.41) is 2.86. The molecular formula is C5H6N2S. The number of nitrogens with two attached hydrogens (primary N) is 1. The van der Waals surface area contributed by atoms with Crippen LogP contribution >= 0.6 is 11.3 Å². The van der Waals surface area contributed by atoms with Crippen LogP contribution in [-0.2, 0) is 0 Å². The van der Waals surface area contributed by atoms with Gasteiger partial charge >= 0.3 is 0 Å². The Kier molecular flexibility index (Phi) is 1.64. The highest BCUT2D eigenvalue weighted by Gasteiger charge is 1.82. The van der Waals surface area contributed by atoms with Crippen LogP contribution < -0.4 is 5.73 Å². The first-order valence-corrected chi connectivity index (χ1v) is 3.09. The van der Waals surface area contributed by atoms with Gasteiger partial charge in [0.25, 0.3) is 0 Å². The van der Waals surface area contributed by atoms with Crippen LogP contribution in [0.3, 0.4) is 0 Å². The van der Waals surface area contributed by atoms with Gasteiger partial charge in [0.1, 0.15) is 5.01 Å². The number of hydrogen-bond donors (Lipinski definition) is 1. The van der Waals surface area contributed by atoms with E-state index in [1.165, 1.54) is 6.20 Å². The average molecular weight is 126 g/mol. The van der Waals surface area contributed by atoms with E-state index in [0.29, 0.717) is 0 Å². The van der Waals surface area contributed by atoms with Gasteiger partial charge in [-0.3, -0.25) is 0 Å². The minimum absolute atomic E-state index is 0.951. The van der Waals surface area contributed by atoms with E-state index in [1.54, 1.807) is 23.6 Å². The monoisotopic (exact) mass is 126 g/mol. The summed E-state index contributed by atoms with van der Waals surface area (Å²) in [4.78, 5) is 3.96. The summed E-state index contributed by atoms with van der Waals surface area (Å²) < 4.78 is 0. The lowest BCUT2D eigenvalue weighted by Gasteiger charge is -1.74. The molecule has 1 aromatic heterocycles. The summed E-state index contributed by atoms with van der Waals surface area (Å²) in [5.74, 6) is 0. The Balaban J connectivity index is 2.77. The molecule has 0 aliphatic rings. The van der Waals surface area contributed by atoms with Crippen LogP contribution in [0.25, 0.3) is 6.08 Å². The minimum atomic E-state index is 0.951. The molecule has 42 valence electrons. The molecule has 0 unspecified atom stereocenters. The van der Waals surface area contributed by atoms with Gasteiger partial charge in [-0.1, -0.05) is 0 Å². The normalized spacial score (nSPS) is 10.5. The summed E-state index contributed by atoms with van der Waals surface area (Å²) in [5.41, 5.74) is 5.11. The van der Waals surface area contributed by atoms with Gasteiger partial charge in [0.05, 0.1) is 0 Å². The van der Waals surface area contributed by atoms with Crippen molar-refractivity contribution in [2.45, 2.75) is 0 Å². The molecule has 0 fully saturated rings. The zero-order chi connectivity index (χ0) is 5.82. The van der Waals surface area contributed by atoms with Crippen LogP contribution in [0.4, 0.5) is 0 Å². The molecular weight excluding hydrogens is 120 g/mol. The molecule has 0 aliphatic heterocycles. The third-order valence-electron chi connectivity index (χ3n) is 0.690. The van der Waals surface area contributed by atoms with E-state index in [1.807, 2.05) is 5.38 Å². The van der Waals surface area contributed by atoms with Gasteiger partial charge in [-0.25, -0.2) is 4.98 Å². The van der Waals surface area contributed by atoms with Gasteiger partial charge in [0.2, 0.25) is 0 Å². The van der Waals surface area contributed by atoms with Crippen molar-refractivity contribution >= 4 is 17.4 Å². The third-order valence-corrected chi connectivity index (χ3v) is 1.43. The molecule has 1 rings (SSSR count). The maximum atomic E-state index is 5.11. The molecule has 0 bridgehead atoms. The molecule has 0 radical (unpaired) electrons. The van der Waals surface area contributed by atoms with Crippen molar-refractivity contribution in [2.24, 2.45) is 5.73 Å². The standard InChI is InChI=1S/C5H6N2S/c6-2-1-5-7-3-4-8-5/h1-4H,6H2. The Labute approximate surface area is 51.7 Å². The van der Waals surface area contributed by atoms with Crippen molar-refractivity contribution in [3.05, 3.63) is 22.8 Å². The van der Waals surface area contributed by atoms with Crippen LogP contribution in [0, 0.1) is 0 Å². The van der Waals surface area contributed by atoms with Crippen molar-refractivity contribution in [3.63, 3.8) is 0 Å². The molecule has 8 heavy (non-hydrogen) atoms. The van der Waals surface area contributed by atoms with Gasteiger partial charge < -0.3 is 5.73 Å². The summed E-state index contributed by atoms with van der Waals surface area (Å²) in [6.07, 6.45) is 5.00. The highest BCUT2D eigenvalue weighted by atomic mass is 32.1. The Morgan fingerprint density at radius 2 is 2.62 bits per heavy atom. The van der Waals surface area contributed by atoms with E-state index in [-0.39, 0.29) is 0 Å². The topological polar surface area (TPSA) is 38.9 Å².